The second kappa shape index (κ2) is 10.4. The van der Waals surface area contributed by atoms with Gasteiger partial charge in [0.05, 0.1) is 17.3 Å². The van der Waals surface area contributed by atoms with Gasteiger partial charge in [0.1, 0.15) is 18.0 Å². The number of rotatable bonds is 6. The van der Waals surface area contributed by atoms with Gasteiger partial charge in [0, 0.05) is 24.0 Å². The number of hydrogen-bond acceptors (Lipinski definition) is 6. The minimum atomic E-state index is -0.464. The SMILES string of the molecule is Cc1c(OCc2ccc(C#N)cc2)ccc2c(CCC3CCN(C(=O)OC(C)(C)C)CC3)noc12. The second-order valence-corrected chi connectivity index (χ2v) is 10.2. The van der Waals surface area contributed by atoms with Crippen molar-refractivity contribution in [3.63, 3.8) is 0 Å². The average Bonchev–Trinajstić information content (AvgIpc) is 3.26. The molecule has 1 aliphatic heterocycles. The molecule has 0 saturated carbocycles. The van der Waals surface area contributed by atoms with Crippen molar-refractivity contribution in [3.05, 3.63) is 58.8 Å². The van der Waals surface area contributed by atoms with Gasteiger partial charge in [0.25, 0.3) is 0 Å². The number of nitrogens with zero attached hydrogens (tertiary/aromatic N) is 3. The van der Waals surface area contributed by atoms with Crippen molar-refractivity contribution in [1.29, 1.82) is 5.26 Å². The number of amides is 1. The van der Waals surface area contributed by atoms with Crippen LogP contribution >= 0.6 is 0 Å². The van der Waals surface area contributed by atoms with E-state index >= 15 is 0 Å². The first-order valence-electron chi connectivity index (χ1n) is 12.2. The van der Waals surface area contributed by atoms with Gasteiger partial charge in [0.15, 0.2) is 5.58 Å². The number of ether oxygens (including phenoxy) is 2. The van der Waals surface area contributed by atoms with Crippen LogP contribution in [0.1, 0.15) is 62.4 Å². The number of aromatic nitrogens is 1. The molecule has 1 fully saturated rings. The van der Waals surface area contributed by atoms with Crippen LogP contribution in [0.15, 0.2) is 40.9 Å². The maximum Gasteiger partial charge on any atom is 0.410 e. The zero-order valence-electron chi connectivity index (χ0n) is 21.0. The summed E-state index contributed by atoms with van der Waals surface area (Å²) in [6.07, 6.45) is 3.59. The lowest BCUT2D eigenvalue weighted by molar-refractivity contribution is 0.0181. The van der Waals surface area contributed by atoms with Gasteiger partial charge in [-0.1, -0.05) is 17.3 Å². The molecule has 3 aromatic rings. The number of aryl methyl sites for hydroxylation is 2. The highest BCUT2D eigenvalue weighted by atomic mass is 16.6. The summed E-state index contributed by atoms with van der Waals surface area (Å²) in [5, 5.41) is 14.3. The standard InChI is InChI=1S/C28H33N3O4/c1-19-25(33-18-22-7-5-21(17-29)6-8-22)12-10-23-24(30-35-26(19)23)11-9-20-13-15-31(16-14-20)27(32)34-28(2,3)4/h5-8,10,12,20H,9,11,13-16,18H2,1-4H3. The lowest BCUT2D eigenvalue weighted by atomic mass is 9.91. The van der Waals surface area contributed by atoms with E-state index in [-0.39, 0.29) is 6.09 Å². The van der Waals surface area contributed by atoms with E-state index in [4.69, 9.17) is 19.3 Å². The summed E-state index contributed by atoms with van der Waals surface area (Å²) in [5.74, 6) is 1.32. The molecule has 0 bridgehead atoms. The molecule has 2 heterocycles. The summed E-state index contributed by atoms with van der Waals surface area (Å²) in [6.45, 7) is 9.55. The van der Waals surface area contributed by atoms with Crippen molar-refractivity contribution in [3.8, 4) is 11.8 Å². The Hall–Kier alpha value is -3.53. The quantitative estimate of drug-likeness (QED) is 0.424. The van der Waals surface area contributed by atoms with Gasteiger partial charge in [-0.2, -0.15) is 5.26 Å². The molecule has 35 heavy (non-hydrogen) atoms. The van der Waals surface area contributed by atoms with E-state index in [0.717, 1.165) is 72.3 Å². The Morgan fingerprint density at radius 3 is 2.54 bits per heavy atom. The molecule has 184 valence electrons. The first kappa shape index (κ1) is 24.6. The highest BCUT2D eigenvalue weighted by molar-refractivity contribution is 5.84. The Kier molecular flexibility index (Phi) is 7.30. The fraction of sp³-hybridized carbons (Fsp3) is 0.464. The first-order chi connectivity index (χ1) is 16.7. The third kappa shape index (κ3) is 6.13. The van der Waals surface area contributed by atoms with Crippen molar-refractivity contribution in [2.45, 2.75) is 65.6 Å². The monoisotopic (exact) mass is 475 g/mol. The van der Waals surface area contributed by atoms with E-state index in [0.29, 0.717) is 18.1 Å². The van der Waals surface area contributed by atoms with Crippen LogP contribution in [0.5, 0.6) is 5.75 Å². The first-order valence-corrected chi connectivity index (χ1v) is 12.2. The summed E-state index contributed by atoms with van der Waals surface area (Å²) in [6, 6.07) is 13.5. The van der Waals surface area contributed by atoms with Crippen LogP contribution in [-0.4, -0.2) is 34.8 Å². The predicted molar refractivity (Wildman–Crippen MR) is 133 cm³/mol. The molecule has 0 atom stereocenters. The molecule has 7 nitrogen and oxygen atoms in total. The molecule has 1 aromatic heterocycles. The van der Waals surface area contributed by atoms with E-state index in [9.17, 15) is 4.79 Å². The van der Waals surface area contributed by atoms with Crippen molar-refractivity contribution >= 4 is 17.1 Å². The fourth-order valence-corrected chi connectivity index (χ4v) is 4.41. The van der Waals surface area contributed by atoms with Gasteiger partial charge in [-0.15, -0.1) is 0 Å². The van der Waals surface area contributed by atoms with Crippen molar-refractivity contribution in [2.75, 3.05) is 13.1 Å². The summed E-state index contributed by atoms with van der Waals surface area (Å²) >= 11 is 0. The lowest BCUT2D eigenvalue weighted by Gasteiger charge is -2.33. The highest BCUT2D eigenvalue weighted by Gasteiger charge is 2.27. The van der Waals surface area contributed by atoms with Crippen LogP contribution in [0, 0.1) is 24.2 Å². The number of carbonyl (C=O) groups excluding carboxylic acids is 1. The zero-order chi connectivity index (χ0) is 25.0. The maximum atomic E-state index is 12.3. The molecule has 0 unspecified atom stereocenters. The van der Waals surface area contributed by atoms with Gasteiger partial charge in [0.2, 0.25) is 0 Å². The summed E-state index contributed by atoms with van der Waals surface area (Å²) < 4.78 is 17.2. The molecule has 1 aliphatic rings. The van der Waals surface area contributed by atoms with E-state index in [2.05, 4.69) is 11.2 Å². The van der Waals surface area contributed by atoms with Crippen LogP contribution in [0.4, 0.5) is 4.79 Å². The molecular formula is C28H33N3O4. The lowest BCUT2D eigenvalue weighted by Crippen LogP contribution is -2.41. The predicted octanol–water partition coefficient (Wildman–Crippen LogP) is 6.17. The number of hydrogen-bond donors (Lipinski definition) is 0. The van der Waals surface area contributed by atoms with Crippen molar-refractivity contribution < 1.29 is 18.8 Å². The number of benzene rings is 2. The van der Waals surface area contributed by atoms with Gasteiger partial charge in [-0.05, 0) is 89.1 Å². The molecule has 0 spiro atoms. The number of nitriles is 1. The second-order valence-electron chi connectivity index (χ2n) is 10.2. The molecular weight excluding hydrogens is 442 g/mol. The van der Waals surface area contributed by atoms with Crippen LogP contribution < -0.4 is 4.74 Å². The Morgan fingerprint density at radius 1 is 1.17 bits per heavy atom. The molecule has 4 rings (SSSR count). The Morgan fingerprint density at radius 2 is 1.89 bits per heavy atom. The van der Waals surface area contributed by atoms with E-state index in [1.165, 1.54) is 0 Å². The number of likely N-dealkylation sites (tertiary alicyclic amines) is 1. The Bertz CT molecular complexity index is 1210. The van der Waals surface area contributed by atoms with Gasteiger partial charge < -0.3 is 18.9 Å². The molecule has 1 amide bonds. The maximum absolute atomic E-state index is 12.3. The van der Waals surface area contributed by atoms with Crippen LogP contribution in [0.2, 0.25) is 0 Å². The smallest absolute Gasteiger partial charge is 0.410 e. The van der Waals surface area contributed by atoms with Crippen LogP contribution in [-0.2, 0) is 17.8 Å². The Labute approximate surface area is 206 Å². The molecule has 0 aliphatic carbocycles. The number of piperidine rings is 1. The minimum absolute atomic E-state index is 0.217. The topological polar surface area (TPSA) is 88.6 Å². The van der Waals surface area contributed by atoms with Crippen molar-refractivity contribution in [1.82, 2.24) is 10.1 Å². The summed E-state index contributed by atoms with van der Waals surface area (Å²) in [7, 11) is 0. The van der Waals surface area contributed by atoms with E-state index < -0.39 is 5.60 Å². The fourth-order valence-electron chi connectivity index (χ4n) is 4.41. The third-order valence-corrected chi connectivity index (χ3v) is 6.45. The van der Waals surface area contributed by atoms with Crippen LogP contribution in [0.25, 0.3) is 11.0 Å². The van der Waals surface area contributed by atoms with E-state index in [1.807, 2.05) is 56.9 Å². The zero-order valence-corrected chi connectivity index (χ0v) is 21.0. The normalized spacial score (nSPS) is 14.7. The Balaban J connectivity index is 1.32. The minimum Gasteiger partial charge on any atom is -0.488 e. The number of fused-ring (bicyclic) bond motifs is 1. The molecule has 0 N–H and O–H groups in total. The van der Waals surface area contributed by atoms with Crippen LogP contribution in [0.3, 0.4) is 0 Å². The molecule has 1 saturated heterocycles. The molecule has 7 heteroatoms. The summed E-state index contributed by atoms with van der Waals surface area (Å²) in [5.41, 5.74) is 3.83. The third-order valence-electron chi connectivity index (χ3n) is 6.45. The largest absolute Gasteiger partial charge is 0.488 e. The van der Waals surface area contributed by atoms with Gasteiger partial charge in [-0.25, -0.2) is 4.79 Å². The molecule has 2 aromatic carbocycles. The molecule has 0 radical (unpaired) electrons. The van der Waals surface area contributed by atoms with E-state index in [1.54, 1.807) is 12.1 Å². The van der Waals surface area contributed by atoms with Gasteiger partial charge in [-0.3, -0.25) is 0 Å². The average molecular weight is 476 g/mol. The summed E-state index contributed by atoms with van der Waals surface area (Å²) in [4.78, 5) is 14.1. The van der Waals surface area contributed by atoms with Gasteiger partial charge >= 0.3 is 6.09 Å². The van der Waals surface area contributed by atoms with Crippen molar-refractivity contribution in [2.24, 2.45) is 5.92 Å². The highest BCUT2D eigenvalue weighted by Crippen LogP contribution is 2.32. The number of carbonyl (C=O) groups is 1.